The molecule has 4 bridgehead atoms. The van der Waals surface area contributed by atoms with Crippen LogP contribution in [0.1, 0.15) is 40.0 Å². The van der Waals surface area contributed by atoms with Crippen molar-refractivity contribution >= 4 is 12.2 Å². The molecular weight excluding hydrogens is 239 g/mol. The fourth-order valence-electron chi connectivity index (χ4n) is 4.90. The Balaban J connectivity index is 1.86. The molecule has 4 heteroatoms. The minimum atomic E-state index is -1.79. The highest BCUT2D eigenvalue weighted by Crippen LogP contribution is 2.57. The highest BCUT2D eigenvalue weighted by atomic mass is 16.8. The van der Waals surface area contributed by atoms with Crippen molar-refractivity contribution in [3.05, 3.63) is 30.3 Å². The first-order valence-corrected chi connectivity index (χ1v) is 7.14. The lowest BCUT2D eigenvalue weighted by Gasteiger charge is -2.73. The molecule has 3 heterocycles. The van der Waals surface area contributed by atoms with Gasteiger partial charge in [-0.1, -0.05) is 30.3 Å². The molecule has 3 saturated heterocycles. The van der Waals surface area contributed by atoms with Crippen LogP contribution < -0.4 is 5.46 Å². The summed E-state index contributed by atoms with van der Waals surface area (Å²) in [5.41, 5.74) is 0.626. The lowest BCUT2D eigenvalue weighted by Crippen LogP contribution is -2.80. The van der Waals surface area contributed by atoms with Crippen molar-refractivity contribution in [2.45, 2.75) is 56.8 Å². The largest absolute Gasteiger partial charge is 0.536 e. The Morgan fingerprint density at radius 3 is 1.63 bits per heavy atom. The molecule has 0 unspecified atom stereocenters. The van der Waals surface area contributed by atoms with Crippen molar-refractivity contribution in [2.75, 3.05) is 0 Å². The Morgan fingerprint density at radius 1 is 0.789 bits per heavy atom. The Kier molecular flexibility index (Phi) is 2.04. The minimum absolute atomic E-state index is 0.131. The van der Waals surface area contributed by atoms with Gasteiger partial charge in [-0.05, 0) is 40.0 Å². The minimum Gasteiger partial charge on any atom is -0.536 e. The van der Waals surface area contributed by atoms with E-state index in [-0.39, 0.29) is 16.8 Å². The molecule has 0 N–H and O–H groups in total. The SMILES string of the molecule is CC12CC3(C)CC(C)(C1)O[B-](c1ccccc1)(O2)O3. The Morgan fingerprint density at radius 2 is 1.21 bits per heavy atom. The van der Waals surface area contributed by atoms with Crippen molar-refractivity contribution in [3.63, 3.8) is 0 Å². The van der Waals surface area contributed by atoms with Crippen LogP contribution in [0.5, 0.6) is 0 Å². The van der Waals surface area contributed by atoms with E-state index < -0.39 is 6.75 Å². The average molecular weight is 259 g/mol. The van der Waals surface area contributed by atoms with Crippen LogP contribution in [0.25, 0.3) is 0 Å². The second-order valence-corrected chi connectivity index (χ2v) is 7.29. The van der Waals surface area contributed by atoms with Crippen LogP contribution in [0, 0.1) is 0 Å². The van der Waals surface area contributed by atoms with Crippen molar-refractivity contribution in [1.29, 1.82) is 0 Å². The van der Waals surface area contributed by atoms with E-state index in [0.717, 1.165) is 24.7 Å². The average Bonchev–Trinajstić information content (AvgIpc) is 2.23. The maximum atomic E-state index is 6.33. The zero-order valence-electron chi connectivity index (χ0n) is 11.8. The monoisotopic (exact) mass is 259 g/mol. The second-order valence-electron chi connectivity index (χ2n) is 7.29. The fourth-order valence-corrected chi connectivity index (χ4v) is 4.90. The van der Waals surface area contributed by atoms with Gasteiger partial charge in [0.05, 0.1) is 0 Å². The summed E-state index contributed by atoms with van der Waals surface area (Å²) >= 11 is 0. The Bertz CT molecular complexity index is 476. The highest BCUT2D eigenvalue weighted by molar-refractivity contribution is 6.76. The third kappa shape index (κ3) is 1.63. The smallest absolute Gasteiger partial charge is 0.410 e. The van der Waals surface area contributed by atoms with Gasteiger partial charge in [-0.15, -0.1) is 5.46 Å². The first-order valence-electron chi connectivity index (χ1n) is 7.14. The summed E-state index contributed by atoms with van der Waals surface area (Å²) in [5, 5.41) is 0. The van der Waals surface area contributed by atoms with Crippen LogP contribution in [0.15, 0.2) is 30.3 Å². The van der Waals surface area contributed by atoms with Gasteiger partial charge in [-0.25, -0.2) is 0 Å². The number of hydrogen-bond donors (Lipinski definition) is 0. The van der Waals surface area contributed by atoms with Crippen LogP contribution >= 0.6 is 0 Å². The summed E-state index contributed by atoms with van der Waals surface area (Å²) in [4.78, 5) is 0. The molecule has 102 valence electrons. The van der Waals surface area contributed by atoms with Crippen LogP contribution in [-0.2, 0) is 14.0 Å². The normalized spacial score (nSPS) is 51.5. The molecule has 1 aromatic carbocycles. The number of benzene rings is 1. The van der Waals surface area contributed by atoms with Gasteiger partial charge < -0.3 is 14.0 Å². The predicted molar refractivity (Wildman–Crippen MR) is 74.2 cm³/mol. The molecule has 0 spiro atoms. The first-order chi connectivity index (χ1) is 8.85. The zero-order valence-corrected chi connectivity index (χ0v) is 11.8. The van der Waals surface area contributed by atoms with Gasteiger partial charge >= 0.3 is 6.75 Å². The molecule has 0 amide bonds. The summed E-state index contributed by atoms with van der Waals surface area (Å²) in [6, 6.07) is 10.1. The Hall–Kier alpha value is -0.835. The number of hydrogen-bond acceptors (Lipinski definition) is 3. The highest BCUT2D eigenvalue weighted by Gasteiger charge is 2.63. The standard InChI is InChI=1S/C15H20BO3/c1-13-9-14(2)11-15(3,10-13)19-16(17-13,18-14)12-7-5-4-6-8-12/h4-8H,9-11H2,1-3H3/q-1. The Labute approximate surface area is 114 Å². The van der Waals surface area contributed by atoms with Gasteiger partial charge in [-0.2, -0.15) is 0 Å². The molecule has 0 aromatic heterocycles. The first kappa shape index (κ1) is 11.9. The third-order valence-electron chi connectivity index (χ3n) is 4.77. The lowest BCUT2D eigenvalue weighted by molar-refractivity contribution is -0.267. The van der Waals surface area contributed by atoms with E-state index in [1.165, 1.54) is 0 Å². The third-order valence-corrected chi connectivity index (χ3v) is 4.77. The molecule has 1 aromatic rings. The molecule has 1 saturated carbocycles. The molecule has 1 aliphatic carbocycles. The van der Waals surface area contributed by atoms with E-state index in [1.807, 2.05) is 30.3 Å². The molecule has 0 atom stereocenters. The molecule has 3 nitrogen and oxygen atoms in total. The molecule has 4 fully saturated rings. The number of rotatable bonds is 1. The fraction of sp³-hybridized carbons (Fsp3) is 0.600. The lowest BCUT2D eigenvalue weighted by atomic mass is 9.55. The van der Waals surface area contributed by atoms with E-state index in [2.05, 4.69) is 20.8 Å². The quantitative estimate of drug-likeness (QED) is 0.725. The summed E-state index contributed by atoms with van der Waals surface area (Å²) in [7, 11) is 0. The van der Waals surface area contributed by atoms with Gasteiger partial charge in [0.25, 0.3) is 0 Å². The molecule has 19 heavy (non-hydrogen) atoms. The van der Waals surface area contributed by atoms with Crippen LogP contribution in [0.4, 0.5) is 0 Å². The zero-order chi connectivity index (χ0) is 13.4. The maximum Gasteiger partial charge on any atom is 0.410 e. The maximum absolute atomic E-state index is 6.33. The van der Waals surface area contributed by atoms with Gasteiger partial charge in [0.15, 0.2) is 0 Å². The van der Waals surface area contributed by atoms with E-state index in [1.54, 1.807) is 0 Å². The molecule has 4 aliphatic rings. The van der Waals surface area contributed by atoms with Gasteiger partial charge in [-0.3, -0.25) is 0 Å². The van der Waals surface area contributed by atoms with Gasteiger partial charge in [0.1, 0.15) is 0 Å². The van der Waals surface area contributed by atoms with Gasteiger partial charge in [0.2, 0.25) is 0 Å². The van der Waals surface area contributed by atoms with Crippen LogP contribution in [0.3, 0.4) is 0 Å². The summed E-state index contributed by atoms with van der Waals surface area (Å²) in [5.74, 6) is 0. The van der Waals surface area contributed by atoms with Crippen molar-refractivity contribution in [1.82, 2.24) is 0 Å². The van der Waals surface area contributed by atoms with Crippen molar-refractivity contribution in [2.24, 2.45) is 0 Å². The summed E-state index contributed by atoms with van der Waals surface area (Å²) in [6.45, 7) is 4.81. The van der Waals surface area contributed by atoms with Crippen molar-refractivity contribution in [3.8, 4) is 0 Å². The van der Waals surface area contributed by atoms with Crippen molar-refractivity contribution < 1.29 is 14.0 Å². The summed E-state index contributed by atoms with van der Waals surface area (Å²) in [6.07, 6.45) is 2.86. The van der Waals surface area contributed by atoms with Gasteiger partial charge in [0, 0.05) is 16.8 Å². The van der Waals surface area contributed by atoms with E-state index in [0.29, 0.717) is 0 Å². The summed E-state index contributed by atoms with van der Waals surface area (Å²) < 4.78 is 19.0. The molecule has 5 rings (SSSR count). The van der Waals surface area contributed by atoms with E-state index in [9.17, 15) is 0 Å². The predicted octanol–water partition coefficient (Wildman–Crippen LogP) is 2.37. The molecular formula is C15H20BO3-. The van der Waals surface area contributed by atoms with Crippen LogP contribution in [0.2, 0.25) is 0 Å². The molecule has 0 radical (unpaired) electrons. The topological polar surface area (TPSA) is 27.7 Å². The van der Waals surface area contributed by atoms with E-state index in [4.69, 9.17) is 14.0 Å². The van der Waals surface area contributed by atoms with E-state index >= 15 is 0 Å². The van der Waals surface area contributed by atoms with Crippen LogP contribution in [-0.4, -0.2) is 23.6 Å². The molecule has 3 aliphatic heterocycles. The second kappa shape index (κ2) is 3.25.